The van der Waals surface area contributed by atoms with Crippen LogP contribution in [0.3, 0.4) is 0 Å². The van der Waals surface area contributed by atoms with Gasteiger partial charge >= 0.3 is 6.09 Å². The van der Waals surface area contributed by atoms with Crippen LogP contribution in [0.4, 0.5) is 4.79 Å². The normalized spacial score (nSPS) is 14.9. The quantitative estimate of drug-likeness (QED) is 0.803. The van der Waals surface area contributed by atoms with Gasteiger partial charge in [0.25, 0.3) is 0 Å². The summed E-state index contributed by atoms with van der Waals surface area (Å²) in [4.78, 5) is 15.6. The Kier molecular flexibility index (Phi) is 7.04. The van der Waals surface area contributed by atoms with Crippen molar-refractivity contribution in [2.45, 2.75) is 13.5 Å². The first-order valence-corrected chi connectivity index (χ1v) is 8.26. The lowest BCUT2D eigenvalue weighted by Gasteiger charge is -2.33. The van der Waals surface area contributed by atoms with E-state index in [1.165, 1.54) is 0 Å². The summed E-state index contributed by atoms with van der Waals surface area (Å²) < 4.78 is 10.7. The average molecular weight is 387 g/mol. The highest BCUT2D eigenvalue weighted by atomic mass is 35.5. The van der Waals surface area contributed by atoms with E-state index >= 15 is 0 Å². The van der Waals surface area contributed by atoms with E-state index in [1.54, 1.807) is 17.9 Å². The van der Waals surface area contributed by atoms with Gasteiger partial charge in [0, 0.05) is 26.2 Å². The van der Waals surface area contributed by atoms with Crippen molar-refractivity contribution in [2.24, 2.45) is 0 Å². The number of aromatic nitrogens is 2. The van der Waals surface area contributed by atoms with Crippen molar-refractivity contribution in [3.8, 4) is 11.5 Å². The van der Waals surface area contributed by atoms with Crippen molar-refractivity contribution < 1.29 is 13.9 Å². The van der Waals surface area contributed by atoms with Crippen molar-refractivity contribution in [1.82, 2.24) is 20.0 Å². The second-order valence-corrected chi connectivity index (χ2v) is 5.85. The molecule has 0 N–H and O–H groups in total. The van der Waals surface area contributed by atoms with Gasteiger partial charge in [-0.25, -0.2) is 4.79 Å². The number of benzene rings is 1. The lowest BCUT2D eigenvalue weighted by molar-refractivity contribution is 0.0756. The molecule has 136 valence electrons. The fourth-order valence-electron chi connectivity index (χ4n) is 2.56. The molecular formula is C16H20Cl2N4O3. The molecule has 1 fully saturated rings. The number of rotatable bonds is 4. The minimum atomic E-state index is -0.254. The molecule has 9 heteroatoms. The molecule has 0 aliphatic carbocycles. The molecule has 2 aromatic rings. The number of ether oxygens (including phenoxy) is 1. The molecular weight excluding hydrogens is 367 g/mol. The van der Waals surface area contributed by atoms with Gasteiger partial charge in [-0.1, -0.05) is 23.7 Å². The zero-order valence-electron chi connectivity index (χ0n) is 13.9. The fourth-order valence-corrected chi connectivity index (χ4v) is 2.77. The van der Waals surface area contributed by atoms with Gasteiger partial charge in [-0.3, -0.25) is 4.90 Å². The van der Waals surface area contributed by atoms with Crippen molar-refractivity contribution in [1.29, 1.82) is 0 Å². The maximum atomic E-state index is 11.7. The van der Waals surface area contributed by atoms with E-state index in [9.17, 15) is 4.79 Å². The van der Waals surface area contributed by atoms with Gasteiger partial charge in [0.1, 0.15) is 0 Å². The Bertz CT molecular complexity index is 702. The summed E-state index contributed by atoms with van der Waals surface area (Å²) in [5, 5.41) is 8.74. The molecule has 3 rings (SSSR count). The number of halogens is 2. The van der Waals surface area contributed by atoms with Crippen molar-refractivity contribution >= 4 is 30.1 Å². The van der Waals surface area contributed by atoms with Crippen LogP contribution < -0.4 is 0 Å². The van der Waals surface area contributed by atoms with Crippen LogP contribution in [0.5, 0.6) is 0 Å². The highest BCUT2D eigenvalue weighted by Gasteiger charge is 2.23. The van der Waals surface area contributed by atoms with E-state index in [4.69, 9.17) is 20.8 Å². The highest BCUT2D eigenvalue weighted by molar-refractivity contribution is 6.33. The van der Waals surface area contributed by atoms with Gasteiger partial charge in [-0.05, 0) is 19.1 Å². The van der Waals surface area contributed by atoms with E-state index in [1.807, 2.05) is 18.2 Å². The first-order valence-electron chi connectivity index (χ1n) is 7.88. The Morgan fingerprint density at radius 2 is 1.96 bits per heavy atom. The van der Waals surface area contributed by atoms with Crippen LogP contribution in [0.2, 0.25) is 5.02 Å². The first-order chi connectivity index (χ1) is 11.7. The molecule has 1 aromatic carbocycles. The molecule has 0 saturated carbocycles. The van der Waals surface area contributed by atoms with Crippen molar-refractivity contribution in [2.75, 3.05) is 32.8 Å². The van der Waals surface area contributed by atoms with Crippen LogP contribution in [0, 0.1) is 0 Å². The second kappa shape index (κ2) is 9.03. The largest absolute Gasteiger partial charge is 0.450 e. The van der Waals surface area contributed by atoms with Gasteiger partial charge in [0.2, 0.25) is 11.8 Å². The molecule has 1 aromatic heterocycles. The highest BCUT2D eigenvalue weighted by Crippen LogP contribution is 2.26. The van der Waals surface area contributed by atoms with Crippen molar-refractivity contribution in [3.63, 3.8) is 0 Å². The summed E-state index contributed by atoms with van der Waals surface area (Å²) in [7, 11) is 0. The lowest BCUT2D eigenvalue weighted by atomic mass is 10.2. The lowest BCUT2D eigenvalue weighted by Crippen LogP contribution is -2.48. The maximum absolute atomic E-state index is 11.7. The Morgan fingerprint density at radius 1 is 1.24 bits per heavy atom. The molecule has 25 heavy (non-hydrogen) atoms. The summed E-state index contributed by atoms with van der Waals surface area (Å²) in [6.07, 6.45) is -0.254. The summed E-state index contributed by atoms with van der Waals surface area (Å²) >= 11 is 6.14. The van der Waals surface area contributed by atoms with Crippen LogP contribution in [-0.4, -0.2) is 58.9 Å². The standard InChI is InChI=1S/C16H19ClN4O3.ClH/c1-2-23-16(22)21-9-7-20(8-10-21)11-14-18-19-15(24-14)12-5-3-4-6-13(12)17;/h3-6H,2,7-11H2,1H3;1H. The van der Waals surface area contributed by atoms with Crippen LogP contribution in [-0.2, 0) is 11.3 Å². The van der Waals surface area contributed by atoms with Crippen LogP contribution >= 0.6 is 24.0 Å². The Balaban J connectivity index is 0.00000225. The Hall–Kier alpha value is -1.83. The summed E-state index contributed by atoms with van der Waals surface area (Å²) in [6, 6.07) is 7.36. The summed E-state index contributed by atoms with van der Waals surface area (Å²) in [5.74, 6) is 0.954. The smallest absolute Gasteiger partial charge is 0.409 e. The number of amides is 1. The third-order valence-electron chi connectivity index (χ3n) is 3.83. The van der Waals surface area contributed by atoms with Crippen LogP contribution in [0.1, 0.15) is 12.8 Å². The molecule has 0 bridgehead atoms. The summed E-state index contributed by atoms with van der Waals surface area (Å²) in [6.45, 7) is 5.49. The Labute approximate surface area is 157 Å². The van der Waals surface area contributed by atoms with Gasteiger partial charge in [-0.15, -0.1) is 22.6 Å². The third-order valence-corrected chi connectivity index (χ3v) is 4.16. The van der Waals surface area contributed by atoms with Gasteiger partial charge < -0.3 is 14.1 Å². The third kappa shape index (κ3) is 4.84. The molecule has 1 saturated heterocycles. The number of hydrogen-bond donors (Lipinski definition) is 0. The monoisotopic (exact) mass is 386 g/mol. The molecule has 0 atom stereocenters. The fraction of sp³-hybridized carbons (Fsp3) is 0.438. The molecule has 0 unspecified atom stereocenters. The first kappa shape index (κ1) is 19.5. The van der Waals surface area contributed by atoms with Gasteiger partial charge in [0.05, 0.1) is 23.7 Å². The molecule has 1 aliphatic rings. The number of hydrogen-bond acceptors (Lipinski definition) is 6. The topological polar surface area (TPSA) is 71.7 Å². The number of carbonyl (C=O) groups excluding carboxylic acids is 1. The second-order valence-electron chi connectivity index (χ2n) is 5.44. The molecule has 1 aliphatic heterocycles. The Morgan fingerprint density at radius 3 is 2.64 bits per heavy atom. The van der Waals surface area contributed by atoms with Crippen LogP contribution in [0.25, 0.3) is 11.5 Å². The SMILES string of the molecule is CCOC(=O)N1CCN(Cc2nnc(-c3ccccc3Cl)o2)CC1.Cl. The van der Waals surface area contributed by atoms with Crippen molar-refractivity contribution in [3.05, 3.63) is 35.2 Å². The number of carbonyl (C=O) groups is 1. The predicted octanol–water partition coefficient (Wildman–Crippen LogP) is 3.09. The molecule has 0 radical (unpaired) electrons. The molecule has 0 spiro atoms. The summed E-state index contributed by atoms with van der Waals surface area (Å²) in [5.41, 5.74) is 0.727. The van der Waals surface area contributed by atoms with Gasteiger partial charge in [0.15, 0.2) is 0 Å². The molecule has 7 nitrogen and oxygen atoms in total. The zero-order chi connectivity index (χ0) is 16.9. The van der Waals surface area contributed by atoms with E-state index in [-0.39, 0.29) is 18.5 Å². The van der Waals surface area contributed by atoms with E-state index in [0.29, 0.717) is 43.0 Å². The van der Waals surface area contributed by atoms with E-state index < -0.39 is 0 Å². The maximum Gasteiger partial charge on any atom is 0.409 e. The van der Waals surface area contributed by atoms with E-state index in [0.717, 1.165) is 18.7 Å². The van der Waals surface area contributed by atoms with Crippen LogP contribution in [0.15, 0.2) is 28.7 Å². The molecule has 1 amide bonds. The van der Waals surface area contributed by atoms with E-state index in [2.05, 4.69) is 15.1 Å². The number of nitrogens with zero attached hydrogens (tertiary/aromatic N) is 4. The predicted molar refractivity (Wildman–Crippen MR) is 95.9 cm³/mol. The zero-order valence-corrected chi connectivity index (χ0v) is 15.4. The average Bonchev–Trinajstić information content (AvgIpc) is 3.04. The van der Waals surface area contributed by atoms with Gasteiger partial charge in [-0.2, -0.15) is 0 Å². The minimum Gasteiger partial charge on any atom is -0.450 e. The number of piperazine rings is 1. The minimum absolute atomic E-state index is 0. The molecule has 2 heterocycles.